The van der Waals surface area contributed by atoms with Crippen LogP contribution in [0.2, 0.25) is 0 Å². The molecule has 1 amide bonds. The molecule has 0 aliphatic heterocycles. The number of nitrogens with one attached hydrogen (secondary N) is 2. The lowest BCUT2D eigenvalue weighted by molar-refractivity contribution is -0.385. The molecule has 0 spiro atoms. The number of nitro benzene ring substituents is 1. The lowest BCUT2D eigenvalue weighted by Gasteiger charge is -2.08. The summed E-state index contributed by atoms with van der Waals surface area (Å²) in [5.74, 6) is 0.00979. The van der Waals surface area contributed by atoms with Gasteiger partial charge in [0.1, 0.15) is 0 Å². The first-order valence-electron chi connectivity index (χ1n) is 6.40. The third kappa shape index (κ3) is 4.85. The van der Waals surface area contributed by atoms with E-state index in [1.165, 1.54) is 13.1 Å². The number of rotatable bonds is 8. The lowest BCUT2D eigenvalue weighted by Crippen LogP contribution is -2.20. The van der Waals surface area contributed by atoms with Crippen molar-refractivity contribution in [3.63, 3.8) is 0 Å². The van der Waals surface area contributed by atoms with Crippen LogP contribution in [0.1, 0.15) is 18.9 Å². The van der Waals surface area contributed by atoms with Crippen LogP contribution in [0.5, 0.6) is 5.75 Å². The number of nitrogens with zero attached hydrogens (tertiary/aromatic N) is 1. The minimum Gasteiger partial charge on any atom is -0.486 e. The fraction of sp³-hybridized carbons (Fsp3) is 0.462. The summed E-state index contributed by atoms with van der Waals surface area (Å²) in [5, 5.41) is 16.6. The normalized spacial score (nSPS) is 10.1. The smallest absolute Gasteiger partial charge is 0.311 e. The number of ether oxygens (including phenoxy) is 1. The number of benzene rings is 1. The molecule has 1 aromatic rings. The fourth-order valence-electron chi connectivity index (χ4n) is 1.59. The monoisotopic (exact) mass is 281 g/mol. The highest BCUT2D eigenvalue weighted by Crippen LogP contribution is 2.28. The second-order valence-corrected chi connectivity index (χ2v) is 4.11. The van der Waals surface area contributed by atoms with Gasteiger partial charge in [-0.15, -0.1) is 0 Å². The molecule has 1 rings (SSSR count). The van der Waals surface area contributed by atoms with E-state index in [2.05, 4.69) is 10.6 Å². The molecule has 7 heteroatoms. The predicted octanol–water partition coefficient (Wildman–Crippen LogP) is 1.22. The standard InChI is InChI=1S/C13H19N3O4/c1-3-15-9-10-4-5-12(11(8-10)16(18)19)20-7-6-13(17)14-2/h4-5,8,15H,3,6-7,9H2,1-2H3,(H,14,17). The van der Waals surface area contributed by atoms with Gasteiger partial charge in [-0.2, -0.15) is 0 Å². The van der Waals surface area contributed by atoms with Crippen LogP contribution in [0.15, 0.2) is 18.2 Å². The second kappa shape index (κ2) is 8.11. The molecule has 1 aromatic carbocycles. The van der Waals surface area contributed by atoms with Crippen molar-refractivity contribution >= 4 is 11.6 Å². The molecule has 0 radical (unpaired) electrons. The molecule has 0 unspecified atom stereocenters. The van der Waals surface area contributed by atoms with E-state index in [9.17, 15) is 14.9 Å². The van der Waals surface area contributed by atoms with E-state index in [0.29, 0.717) is 6.54 Å². The van der Waals surface area contributed by atoms with Gasteiger partial charge in [0, 0.05) is 19.7 Å². The Bertz CT molecular complexity index is 477. The van der Waals surface area contributed by atoms with Crippen LogP contribution in [0, 0.1) is 10.1 Å². The zero-order valence-corrected chi connectivity index (χ0v) is 11.6. The first-order valence-corrected chi connectivity index (χ1v) is 6.40. The molecule has 0 heterocycles. The van der Waals surface area contributed by atoms with Crippen molar-refractivity contribution in [2.75, 3.05) is 20.2 Å². The van der Waals surface area contributed by atoms with Gasteiger partial charge in [-0.25, -0.2) is 0 Å². The van der Waals surface area contributed by atoms with E-state index in [4.69, 9.17) is 4.74 Å². The molecule has 0 aromatic heterocycles. The second-order valence-electron chi connectivity index (χ2n) is 4.11. The van der Waals surface area contributed by atoms with Crippen molar-refractivity contribution in [2.45, 2.75) is 19.9 Å². The molecule has 0 aliphatic rings. The maximum Gasteiger partial charge on any atom is 0.311 e. The highest BCUT2D eigenvalue weighted by atomic mass is 16.6. The molecular formula is C13H19N3O4. The number of carbonyl (C=O) groups is 1. The summed E-state index contributed by atoms with van der Waals surface area (Å²) in [6.45, 7) is 3.42. The summed E-state index contributed by atoms with van der Waals surface area (Å²) in [4.78, 5) is 21.6. The first-order chi connectivity index (χ1) is 9.58. The molecule has 0 bridgehead atoms. The number of hydrogen-bond donors (Lipinski definition) is 2. The van der Waals surface area contributed by atoms with E-state index in [1.54, 1.807) is 12.1 Å². The van der Waals surface area contributed by atoms with Gasteiger partial charge in [-0.1, -0.05) is 13.0 Å². The summed E-state index contributed by atoms with van der Waals surface area (Å²) >= 11 is 0. The van der Waals surface area contributed by atoms with Gasteiger partial charge in [0.2, 0.25) is 5.91 Å². The Morgan fingerprint density at radius 3 is 2.80 bits per heavy atom. The molecule has 20 heavy (non-hydrogen) atoms. The van der Waals surface area contributed by atoms with Crippen molar-refractivity contribution in [1.29, 1.82) is 0 Å². The van der Waals surface area contributed by atoms with E-state index < -0.39 is 4.92 Å². The van der Waals surface area contributed by atoms with Crippen molar-refractivity contribution in [1.82, 2.24) is 10.6 Å². The molecular weight excluding hydrogens is 262 g/mol. The number of carbonyl (C=O) groups excluding carboxylic acids is 1. The first kappa shape index (κ1) is 15.9. The van der Waals surface area contributed by atoms with Crippen molar-refractivity contribution in [3.8, 4) is 5.75 Å². The number of amides is 1. The van der Waals surface area contributed by atoms with Crippen LogP contribution in [0.3, 0.4) is 0 Å². The summed E-state index contributed by atoms with van der Waals surface area (Å²) in [6, 6.07) is 4.82. The maximum absolute atomic E-state index is 11.1. The van der Waals surface area contributed by atoms with Crippen LogP contribution in [-0.4, -0.2) is 31.0 Å². The molecule has 110 valence electrons. The van der Waals surface area contributed by atoms with Gasteiger partial charge in [0.25, 0.3) is 0 Å². The van der Waals surface area contributed by atoms with Crippen LogP contribution < -0.4 is 15.4 Å². The third-order valence-corrected chi connectivity index (χ3v) is 2.66. The zero-order valence-electron chi connectivity index (χ0n) is 11.6. The minimum absolute atomic E-state index is 0.0858. The lowest BCUT2D eigenvalue weighted by atomic mass is 10.2. The quantitative estimate of drug-likeness (QED) is 0.552. The van der Waals surface area contributed by atoms with Gasteiger partial charge in [-0.3, -0.25) is 14.9 Å². The Morgan fingerprint density at radius 2 is 2.20 bits per heavy atom. The molecule has 0 fully saturated rings. The minimum atomic E-state index is -0.481. The summed E-state index contributed by atoms with van der Waals surface area (Å²) in [7, 11) is 1.53. The largest absolute Gasteiger partial charge is 0.486 e. The Balaban J connectivity index is 2.74. The average Bonchev–Trinajstić information content (AvgIpc) is 2.45. The van der Waals surface area contributed by atoms with Gasteiger partial charge in [0.15, 0.2) is 5.75 Å². The van der Waals surface area contributed by atoms with E-state index in [-0.39, 0.29) is 30.4 Å². The molecule has 0 atom stereocenters. The van der Waals surface area contributed by atoms with Crippen LogP contribution >= 0.6 is 0 Å². The van der Waals surface area contributed by atoms with Gasteiger partial charge in [-0.05, 0) is 18.2 Å². The van der Waals surface area contributed by atoms with Crippen LogP contribution in [-0.2, 0) is 11.3 Å². The molecule has 0 saturated heterocycles. The molecule has 7 nitrogen and oxygen atoms in total. The Hall–Kier alpha value is -2.15. The van der Waals surface area contributed by atoms with Crippen molar-refractivity contribution in [3.05, 3.63) is 33.9 Å². The summed E-state index contributed by atoms with van der Waals surface area (Å²) < 4.78 is 5.31. The number of hydrogen-bond acceptors (Lipinski definition) is 5. The molecule has 0 saturated carbocycles. The Kier molecular flexibility index (Phi) is 6.45. The summed E-state index contributed by atoms with van der Waals surface area (Å²) in [6.07, 6.45) is 0.160. The van der Waals surface area contributed by atoms with E-state index >= 15 is 0 Å². The highest BCUT2D eigenvalue weighted by Gasteiger charge is 2.16. The molecule has 2 N–H and O–H groups in total. The predicted molar refractivity (Wildman–Crippen MR) is 74.7 cm³/mol. The Morgan fingerprint density at radius 1 is 1.45 bits per heavy atom. The van der Waals surface area contributed by atoms with Crippen molar-refractivity contribution < 1.29 is 14.5 Å². The average molecular weight is 281 g/mol. The van der Waals surface area contributed by atoms with Gasteiger partial charge in [0.05, 0.1) is 18.0 Å². The number of nitro groups is 1. The van der Waals surface area contributed by atoms with Crippen molar-refractivity contribution in [2.24, 2.45) is 0 Å². The third-order valence-electron chi connectivity index (χ3n) is 2.66. The maximum atomic E-state index is 11.1. The van der Waals surface area contributed by atoms with Gasteiger partial charge >= 0.3 is 5.69 Å². The van der Waals surface area contributed by atoms with E-state index in [0.717, 1.165) is 12.1 Å². The SMILES string of the molecule is CCNCc1ccc(OCCC(=O)NC)c([N+](=O)[O-])c1. The summed E-state index contributed by atoms with van der Waals surface area (Å²) in [5.41, 5.74) is 0.731. The zero-order chi connectivity index (χ0) is 15.0. The molecule has 0 aliphatic carbocycles. The Labute approximate surface area is 117 Å². The van der Waals surface area contributed by atoms with Gasteiger partial charge < -0.3 is 15.4 Å². The van der Waals surface area contributed by atoms with Crippen LogP contribution in [0.25, 0.3) is 0 Å². The highest BCUT2D eigenvalue weighted by molar-refractivity contribution is 5.75. The van der Waals surface area contributed by atoms with Crippen LogP contribution in [0.4, 0.5) is 5.69 Å². The topological polar surface area (TPSA) is 93.5 Å². The fourth-order valence-corrected chi connectivity index (χ4v) is 1.59. The van der Waals surface area contributed by atoms with E-state index in [1.807, 2.05) is 6.92 Å².